The maximum absolute atomic E-state index is 14.8. The topological polar surface area (TPSA) is 102 Å². The number of nitrogens with zero attached hydrogens (tertiary/aromatic N) is 4. The first kappa shape index (κ1) is 21.2. The van der Waals surface area contributed by atoms with E-state index in [1.807, 2.05) is 35.9 Å². The molecule has 0 aliphatic heterocycles. The lowest BCUT2D eigenvalue weighted by atomic mass is 9.95. The molecule has 32 heavy (non-hydrogen) atoms. The van der Waals surface area contributed by atoms with E-state index in [1.54, 1.807) is 26.0 Å². The summed E-state index contributed by atoms with van der Waals surface area (Å²) >= 11 is 0. The molecule has 0 saturated heterocycles. The zero-order valence-corrected chi connectivity index (χ0v) is 17.8. The van der Waals surface area contributed by atoms with Crippen molar-refractivity contribution in [3.63, 3.8) is 0 Å². The Morgan fingerprint density at radius 1 is 1.19 bits per heavy atom. The maximum Gasteiger partial charge on any atom is 0.316 e. The Morgan fingerprint density at radius 2 is 1.91 bits per heavy atom. The van der Waals surface area contributed by atoms with Gasteiger partial charge in [0.1, 0.15) is 12.4 Å². The zero-order chi connectivity index (χ0) is 22.9. The summed E-state index contributed by atoms with van der Waals surface area (Å²) in [5.41, 5.74) is 2.11. The van der Waals surface area contributed by atoms with Crippen molar-refractivity contribution >= 4 is 28.6 Å². The van der Waals surface area contributed by atoms with Crippen LogP contribution in [0.1, 0.15) is 13.8 Å². The van der Waals surface area contributed by atoms with Gasteiger partial charge in [-0.1, -0.05) is 12.1 Å². The molecule has 9 heteroatoms. The zero-order valence-electron chi connectivity index (χ0n) is 17.8. The van der Waals surface area contributed by atoms with Gasteiger partial charge in [0, 0.05) is 36.3 Å². The number of hydrogen-bond acceptors (Lipinski definition) is 6. The number of carboxylic acid groups (broad SMARTS) is 1. The lowest BCUT2D eigenvalue weighted by Gasteiger charge is -2.18. The van der Waals surface area contributed by atoms with Gasteiger partial charge in [0.2, 0.25) is 5.95 Å². The average Bonchev–Trinajstić information content (AvgIpc) is 3.08. The number of aromatic nitrogens is 4. The van der Waals surface area contributed by atoms with Crippen molar-refractivity contribution in [1.82, 2.24) is 19.5 Å². The second-order valence-corrected chi connectivity index (χ2v) is 8.03. The highest BCUT2D eigenvalue weighted by molar-refractivity contribution is 5.79. The monoisotopic (exact) mass is 435 g/mol. The Balaban J connectivity index is 1.49. The molecule has 4 rings (SSSR count). The van der Waals surface area contributed by atoms with Crippen molar-refractivity contribution < 1.29 is 19.0 Å². The normalized spacial score (nSPS) is 11.5. The molecule has 2 heterocycles. The number of para-hydroxylation sites is 2. The molecule has 164 valence electrons. The second-order valence-electron chi connectivity index (χ2n) is 8.03. The fraction of sp³-hybridized carbons (Fsp3) is 0.217. The van der Waals surface area contributed by atoms with E-state index in [1.165, 1.54) is 18.5 Å². The number of aryl methyl sites for hydroxylation is 1. The quantitative estimate of drug-likeness (QED) is 0.443. The average molecular weight is 435 g/mol. The summed E-state index contributed by atoms with van der Waals surface area (Å²) in [4.78, 5) is 23.8. The van der Waals surface area contributed by atoms with E-state index in [0.29, 0.717) is 22.8 Å². The van der Waals surface area contributed by atoms with Crippen LogP contribution in [0.3, 0.4) is 0 Å². The Morgan fingerprint density at radius 3 is 2.56 bits per heavy atom. The van der Waals surface area contributed by atoms with Gasteiger partial charge < -0.3 is 19.7 Å². The Hall–Kier alpha value is -4.01. The molecule has 2 aromatic heterocycles. The summed E-state index contributed by atoms with van der Waals surface area (Å²) in [5, 5.41) is 12.3. The molecule has 0 radical (unpaired) electrons. The minimum absolute atomic E-state index is 0.0311. The highest BCUT2D eigenvalue weighted by Crippen LogP contribution is 2.27. The Labute approximate surface area is 183 Å². The standard InChI is InChI=1S/C23H22FN5O3/c1-23(2,20(30)31)13-32-22-25-11-14(12-26-22)16-9-8-15(10-17(16)24)27-21-28-18-6-4-5-7-19(18)29(21)3/h4-12H,13H2,1-3H3,(H,27,28)(H,30,31). The number of anilines is 2. The summed E-state index contributed by atoms with van der Waals surface area (Å²) in [5.74, 6) is -0.825. The van der Waals surface area contributed by atoms with Gasteiger partial charge in [-0.3, -0.25) is 4.79 Å². The van der Waals surface area contributed by atoms with Gasteiger partial charge in [-0.05, 0) is 44.2 Å². The fourth-order valence-electron chi connectivity index (χ4n) is 3.05. The molecule has 8 nitrogen and oxygen atoms in total. The molecule has 0 aliphatic rings. The van der Waals surface area contributed by atoms with E-state index in [2.05, 4.69) is 20.3 Å². The smallest absolute Gasteiger partial charge is 0.316 e. The first-order valence-electron chi connectivity index (χ1n) is 9.91. The molecule has 0 saturated carbocycles. The molecule has 0 aliphatic carbocycles. The molecule has 0 atom stereocenters. The predicted molar refractivity (Wildman–Crippen MR) is 118 cm³/mol. The van der Waals surface area contributed by atoms with Crippen molar-refractivity contribution in [2.45, 2.75) is 13.8 Å². The summed E-state index contributed by atoms with van der Waals surface area (Å²) in [6.45, 7) is 3.00. The number of fused-ring (bicyclic) bond motifs is 1. The molecule has 2 N–H and O–H groups in total. The van der Waals surface area contributed by atoms with Crippen molar-refractivity contribution in [2.75, 3.05) is 11.9 Å². The third-order valence-electron chi connectivity index (χ3n) is 5.09. The number of carbonyl (C=O) groups is 1. The molecular formula is C23H22FN5O3. The fourth-order valence-corrected chi connectivity index (χ4v) is 3.05. The first-order valence-corrected chi connectivity index (χ1v) is 9.91. The summed E-state index contributed by atoms with van der Waals surface area (Å²) in [6, 6.07) is 12.5. The molecule has 0 fully saturated rings. The Kier molecular flexibility index (Phi) is 5.48. The van der Waals surface area contributed by atoms with Crippen LogP contribution in [0.15, 0.2) is 54.9 Å². The van der Waals surface area contributed by atoms with E-state index in [4.69, 9.17) is 9.84 Å². The van der Waals surface area contributed by atoms with Crippen LogP contribution < -0.4 is 10.1 Å². The molecule has 0 amide bonds. The molecule has 0 spiro atoms. The lowest BCUT2D eigenvalue weighted by molar-refractivity contribution is -0.148. The summed E-state index contributed by atoms with van der Waals surface area (Å²) < 4.78 is 22.1. The van der Waals surface area contributed by atoms with Crippen LogP contribution in [0.25, 0.3) is 22.2 Å². The number of ether oxygens (including phenoxy) is 1. The van der Waals surface area contributed by atoms with Crippen LogP contribution in [-0.2, 0) is 11.8 Å². The van der Waals surface area contributed by atoms with Crippen molar-refractivity contribution in [2.24, 2.45) is 12.5 Å². The largest absolute Gasteiger partial charge is 0.481 e. The van der Waals surface area contributed by atoms with Gasteiger partial charge in [0.25, 0.3) is 0 Å². The number of halogens is 1. The first-order chi connectivity index (χ1) is 15.2. The van der Waals surface area contributed by atoms with Gasteiger partial charge in [-0.25, -0.2) is 19.3 Å². The van der Waals surface area contributed by atoms with E-state index in [9.17, 15) is 9.18 Å². The molecule has 0 bridgehead atoms. The van der Waals surface area contributed by atoms with Crippen LogP contribution >= 0.6 is 0 Å². The van der Waals surface area contributed by atoms with Crippen molar-refractivity contribution in [3.05, 3.63) is 60.7 Å². The van der Waals surface area contributed by atoms with Crippen LogP contribution in [0.2, 0.25) is 0 Å². The number of benzene rings is 2. The second kappa shape index (κ2) is 8.26. The van der Waals surface area contributed by atoms with Gasteiger partial charge in [-0.2, -0.15) is 0 Å². The maximum atomic E-state index is 14.8. The highest BCUT2D eigenvalue weighted by atomic mass is 19.1. The highest BCUT2D eigenvalue weighted by Gasteiger charge is 2.28. The van der Waals surface area contributed by atoms with Crippen LogP contribution in [0, 0.1) is 11.2 Å². The number of hydrogen-bond donors (Lipinski definition) is 2. The summed E-state index contributed by atoms with van der Waals surface area (Å²) in [6.07, 6.45) is 2.88. The van der Waals surface area contributed by atoms with E-state index >= 15 is 0 Å². The van der Waals surface area contributed by atoms with Gasteiger partial charge in [0.15, 0.2) is 0 Å². The minimum atomic E-state index is -1.07. The van der Waals surface area contributed by atoms with Gasteiger partial charge in [-0.15, -0.1) is 0 Å². The predicted octanol–water partition coefficient (Wildman–Crippen LogP) is 4.40. The SMILES string of the molecule is Cn1c(Nc2ccc(-c3cnc(OCC(C)(C)C(=O)O)nc3)c(F)c2)nc2ccccc21. The molecular weight excluding hydrogens is 413 g/mol. The van der Waals surface area contributed by atoms with Crippen LogP contribution in [-0.4, -0.2) is 37.2 Å². The molecule has 0 unspecified atom stereocenters. The van der Waals surface area contributed by atoms with Gasteiger partial charge >= 0.3 is 12.0 Å². The number of aliphatic carboxylic acids is 1. The number of nitrogens with one attached hydrogen (secondary N) is 1. The van der Waals surface area contributed by atoms with E-state index in [-0.39, 0.29) is 12.6 Å². The number of imidazole rings is 1. The molecule has 4 aromatic rings. The summed E-state index contributed by atoms with van der Waals surface area (Å²) in [7, 11) is 1.89. The van der Waals surface area contributed by atoms with Crippen molar-refractivity contribution in [1.29, 1.82) is 0 Å². The third-order valence-corrected chi connectivity index (χ3v) is 5.09. The van der Waals surface area contributed by atoms with E-state index < -0.39 is 17.2 Å². The number of carboxylic acids is 1. The lowest BCUT2D eigenvalue weighted by Crippen LogP contribution is -2.31. The number of rotatable bonds is 7. The Bertz CT molecular complexity index is 1280. The van der Waals surface area contributed by atoms with Crippen LogP contribution in [0.5, 0.6) is 6.01 Å². The van der Waals surface area contributed by atoms with Crippen LogP contribution in [0.4, 0.5) is 16.0 Å². The van der Waals surface area contributed by atoms with E-state index in [0.717, 1.165) is 11.0 Å². The van der Waals surface area contributed by atoms with Gasteiger partial charge in [0.05, 0.1) is 16.4 Å². The third kappa shape index (κ3) is 4.22. The molecule has 2 aromatic carbocycles. The van der Waals surface area contributed by atoms with Crippen molar-refractivity contribution in [3.8, 4) is 17.1 Å². The minimum Gasteiger partial charge on any atom is -0.481 e.